The Labute approximate surface area is 106 Å². The van der Waals surface area contributed by atoms with Gasteiger partial charge in [0, 0.05) is 10.0 Å². The normalized spacial score (nSPS) is 11.3. The fourth-order valence-corrected chi connectivity index (χ4v) is 1.70. The van der Waals surface area contributed by atoms with Crippen LogP contribution in [0.2, 0.25) is 0 Å². The molecule has 0 aliphatic rings. The van der Waals surface area contributed by atoms with Crippen molar-refractivity contribution < 1.29 is 4.79 Å². The van der Waals surface area contributed by atoms with E-state index in [0.717, 1.165) is 16.5 Å². The Bertz CT molecular complexity index is 399. The van der Waals surface area contributed by atoms with Crippen LogP contribution in [0.3, 0.4) is 0 Å². The lowest BCUT2D eigenvalue weighted by Crippen LogP contribution is -2.42. The molecule has 0 saturated heterocycles. The molecule has 1 amide bonds. The number of nitrogens with one attached hydrogen (secondary N) is 1. The van der Waals surface area contributed by atoms with Crippen LogP contribution in [0.1, 0.15) is 43.1 Å². The first-order chi connectivity index (χ1) is 7.35. The standard InChI is InChI=1S/C13H18BrNO/c1-5-13(3,4)15-12(16)10-8-9(2)6-7-11(10)14/h6-8H,5H2,1-4H3,(H,15,16). The number of benzene rings is 1. The summed E-state index contributed by atoms with van der Waals surface area (Å²) in [4.78, 5) is 12.1. The Hall–Kier alpha value is -0.830. The largest absolute Gasteiger partial charge is 0.347 e. The van der Waals surface area contributed by atoms with E-state index in [0.29, 0.717) is 5.56 Å². The van der Waals surface area contributed by atoms with Crippen molar-refractivity contribution in [3.63, 3.8) is 0 Å². The first-order valence-electron chi connectivity index (χ1n) is 5.44. The number of hydrogen-bond acceptors (Lipinski definition) is 1. The molecule has 0 heterocycles. The van der Waals surface area contributed by atoms with Gasteiger partial charge in [-0.1, -0.05) is 18.6 Å². The highest BCUT2D eigenvalue weighted by Crippen LogP contribution is 2.19. The Morgan fingerprint density at radius 1 is 1.44 bits per heavy atom. The molecule has 88 valence electrons. The maximum atomic E-state index is 12.1. The summed E-state index contributed by atoms with van der Waals surface area (Å²) >= 11 is 3.40. The molecule has 0 spiro atoms. The SMILES string of the molecule is CCC(C)(C)NC(=O)c1cc(C)ccc1Br. The number of aryl methyl sites for hydroxylation is 1. The monoisotopic (exact) mass is 283 g/mol. The smallest absolute Gasteiger partial charge is 0.252 e. The Kier molecular flexibility index (Phi) is 4.14. The lowest BCUT2D eigenvalue weighted by atomic mass is 10.0. The van der Waals surface area contributed by atoms with Crippen molar-refractivity contribution in [1.29, 1.82) is 0 Å². The van der Waals surface area contributed by atoms with Crippen LogP contribution >= 0.6 is 15.9 Å². The number of halogens is 1. The third-order valence-corrected chi connectivity index (χ3v) is 3.39. The van der Waals surface area contributed by atoms with Crippen LogP contribution in [0.4, 0.5) is 0 Å². The van der Waals surface area contributed by atoms with Crippen LogP contribution in [-0.4, -0.2) is 11.4 Å². The molecule has 0 fully saturated rings. The molecule has 0 atom stereocenters. The van der Waals surface area contributed by atoms with Crippen LogP contribution < -0.4 is 5.32 Å². The molecule has 1 aromatic rings. The molecule has 0 radical (unpaired) electrons. The van der Waals surface area contributed by atoms with E-state index < -0.39 is 0 Å². The lowest BCUT2D eigenvalue weighted by molar-refractivity contribution is 0.0910. The van der Waals surface area contributed by atoms with Gasteiger partial charge in [-0.25, -0.2) is 0 Å². The van der Waals surface area contributed by atoms with Gasteiger partial charge in [0.2, 0.25) is 0 Å². The third-order valence-electron chi connectivity index (χ3n) is 2.70. The fraction of sp³-hybridized carbons (Fsp3) is 0.462. The van der Waals surface area contributed by atoms with Gasteiger partial charge in [-0.2, -0.15) is 0 Å². The summed E-state index contributed by atoms with van der Waals surface area (Å²) < 4.78 is 0.836. The quantitative estimate of drug-likeness (QED) is 0.901. The Morgan fingerprint density at radius 3 is 2.62 bits per heavy atom. The molecule has 1 rings (SSSR count). The van der Waals surface area contributed by atoms with Crippen molar-refractivity contribution in [2.45, 2.75) is 39.7 Å². The molecular formula is C13H18BrNO. The molecule has 0 saturated carbocycles. The highest BCUT2D eigenvalue weighted by atomic mass is 79.9. The van der Waals surface area contributed by atoms with Crippen molar-refractivity contribution >= 4 is 21.8 Å². The van der Waals surface area contributed by atoms with Gasteiger partial charge >= 0.3 is 0 Å². The van der Waals surface area contributed by atoms with Crippen molar-refractivity contribution in [2.75, 3.05) is 0 Å². The fourth-order valence-electron chi connectivity index (χ4n) is 1.28. The molecule has 1 aromatic carbocycles. The minimum Gasteiger partial charge on any atom is -0.347 e. The van der Waals surface area contributed by atoms with E-state index >= 15 is 0 Å². The zero-order valence-electron chi connectivity index (χ0n) is 10.2. The molecular weight excluding hydrogens is 266 g/mol. The molecule has 0 aliphatic heterocycles. The second kappa shape index (κ2) is 5.00. The zero-order valence-corrected chi connectivity index (χ0v) is 11.8. The van der Waals surface area contributed by atoms with Crippen molar-refractivity contribution in [3.05, 3.63) is 33.8 Å². The van der Waals surface area contributed by atoms with Crippen LogP contribution in [-0.2, 0) is 0 Å². The summed E-state index contributed by atoms with van der Waals surface area (Å²) in [6.07, 6.45) is 0.905. The molecule has 16 heavy (non-hydrogen) atoms. The van der Waals surface area contributed by atoms with E-state index in [2.05, 4.69) is 28.2 Å². The predicted octanol–water partition coefficient (Wildman–Crippen LogP) is 3.68. The van der Waals surface area contributed by atoms with Gasteiger partial charge in [-0.15, -0.1) is 0 Å². The third kappa shape index (κ3) is 3.34. The van der Waals surface area contributed by atoms with Crippen LogP contribution in [0.25, 0.3) is 0 Å². The number of hydrogen-bond donors (Lipinski definition) is 1. The molecule has 0 aliphatic carbocycles. The maximum Gasteiger partial charge on any atom is 0.252 e. The van der Waals surface area contributed by atoms with E-state index in [-0.39, 0.29) is 11.4 Å². The van der Waals surface area contributed by atoms with E-state index in [9.17, 15) is 4.79 Å². The molecule has 3 heteroatoms. The average Bonchev–Trinajstić information content (AvgIpc) is 2.21. The average molecular weight is 284 g/mol. The van der Waals surface area contributed by atoms with Crippen LogP contribution in [0, 0.1) is 6.92 Å². The summed E-state index contributed by atoms with van der Waals surface area (Å²) in [5, 5.41) is 3.02. The van der Waals surface area contributed by atoms with Gasteiger partial charge in [0.15, 0.2) is 0 Å². The predicted molar refractivity (Wildman–Crippen MR) is 70.7 cm³/mol. The van der Waals surface area contributed by atoms with Crippen LogP contribution in [0.15, 0.2) is 22.7 Å². The van der Waals surface area contributed by atoms with Gasteiger partial charge in [-0.05, 0) is 55.3 Å². The first-order valence-corrected chi connectivity index (χ1v) is 6.23. The highest BCUT2D eigenvalue weighted by molar-refractivity contribution is 9.10. The maximum absolute atomic E-state index is 12.1. The molecule has 0 unspecified atom stereocenters. The first kappa shape index (κ1) is 13.2. The van der Waals surface area contributed by atoms with Crippen molar-refractivity contribution in [1.82, 2.24) is 5.32 Å². The van der Waals surface area contributed by atoms with Crippen molar-refractivity contribution in [3.8, 4) is 0 Å². The molecule has 0 aromatic heterocycles. The molecule has 2 nitrogen and oxygen atoms in total. The molecule has 0 bridgehead atoms. The minimum absolute atomic E-state index is 0.0255. The van der Waals surface area contributed by atoms with Gasteiger partial charge in [0.05, 0.1) is 5.56 Å². The van der Waals surface area contributed by atoms with Crippen molar-refractivity contribution in [2.24, 2.45) is 0 Å². The van der Waals surface area contributed by atoms with E-state index in [1.165, 1.54) is 0 Å². The summed E-state index contributed by atoms with van der Waals surface area (Å²) in [6.45, 7) is 8.09. The minimum atomic E-state index is -0.166. The van der Waals surface area contributed by atoms with Gasteiger partial charge in [-0.3, -0.25) is 4.79 Å². The lowest BCUT2D eigenvalue weighted by Gasteiger charge is -2.24. The summed E-state index contributed by atoms with van der Waals surface area (Å²) in [5.74, 6) is -0.0255. The second-order valence-corrected chi connectivity index (χ2v) is 5.53. The summed E-state index contributed by atoms with van der Waals surface area (Å²) in [7, 11) is 0. The second-order valence-electron chi connectivity index (χ2n) is 4.67. The van der Waals surface area contributed by atoms with E-state index in [1.807, 2.05) is 39.0 Å². The zero-order chi connectivity index (χ0) is 12.3. The van der Waals surface area contributed by atoms with Gasteiger partial charge < -0.3 is 5.32 Å². The Balaban J connectivity index is 2.93. The van der Waals surface area contributed by atoms with Gasteiger partial charge in [0.1, 0.15) is 0 Å². The summed E-state index contributed by atoms with van der Waals surface area (Å²) in [6, 6.07) is 5.78. The number of carbonyl (C=O) groups excluding carboxylic acids is 1. The van der Waals surface area contributed by atoms with Gasteiger partial charge in [0.25, 0.3) is 5.91 Å². The summed E-state index contributed by atoms with van der Waals surface area (Å²) in [5.41, 5.74) is 1.62. The number of amides is 1. The topological polar surface area (TPSA) is 29.1 Å². The Morgan fingerprint density at radius 2 is 2.06 bits per heavy atom. The van der Waals surface area contributed by atoms with E-state index in [4.69, 9.17) is 0 Å². The number of carbonyl (C=O) groups is 1. The van der Waals surface area contributed by atoms with Crippen LogP contribution in [0.5, 0.6) is 0 Å². The van der Waals surface area contributed by atoms with E-state index in [1.54, 1.807) is 0 Å². The molecule has 1 N–H and O–H groups in total. The number of rotatable bonds is 3. The highest BCUT2D eigenvalue weighted by Gasteiger charge is 2.20.